The molecule has 92 valence electrons. The van der Waals surface area contributed by atoms with E-state index in [0.29, 0.717) is 5.92 Å². The van der Waals surface area contributed by atoms with Crippen molar-refractivity contribution in [2.45, 2.75) is 19.3 Å². The lowest BCUT2D eigenvalue weighted by Gasteiger charge is -2.30. The number of halogens is 1. The van der Waals surface area contributed by atoms with Gasteiger partial charge in [0.25, 0.3) is 0 Å². The highest BCUT2D eigenvalue weighted by atomic mass is 19.1. The molecule has 1 aromatic carbocycles. The largest absolute Gasteiger partial charge is 0.478 e. The monoisotopic (exact) mass is 237 g/mol. The zero-order chi connectivity index (χ0) is 12.4. The Balaban J connectivity index is 2.33. The first-order valence-corrected chi connectivity index (χ1v) is 5.82. The molecule has 2 atom stereocenters. The Morgan fingerprint density at radius 1 is 1.47 bits per heavy atom. The van der Waals surface area contributed by atoms with Crippen molar-refractivity contribution >= 4 is 5.97 Å². The van der Waals surface area contributed by atoms with Crippen molar-refractivity contribution < 1.29 is 14.3 Å². The molecular formula is C13H16FNO2. The van der Waals surface area contributed by atoms with Gasteiger partial charge in [0.1, 0.15) is 5.82 Å². The molecule has 0 unspecified atom stereocenters. The van der Waals surface area contributed by atoms with Crippen LogP contribution in [0.4, 0.5) is 4.39 Å². The van der Waals surface area contributed by atoms with E-state index < -0.39 is 11.8 Å². The van der Waals surface area contributed by atoms with Gasteiger partial charge in [-0.25, -0.2) is 9.18 Å². The van der Waals surface area contributed by atoms with E-state index in [1.165, 1.54) is 6.07 Å². The average molecular weight is 237 g/mol. The summed E-state index contributed by atoms with van der Waals surface area (Å²) < 4.78 is 13.4. The van der Waals surface area contributed by atoms with E-state index in [4.69, 9.17) is 5.11 Å². The Kier molecular flexibility index (Phi) is 3.43. The van der Waals surface area contributed by atoms with Crippen molar-refractivity contribution in [1.29, 1.82) is 0 Å². The Morgan fingerprint density at radius 3 is 2.88 bits per heavy atom. The second-order valence-electron chi connectivity index (χ2n) is 4.65. The lowest BCUT2D eigenvalue weighted by atomic mass is 9.82. The first-order chi connectivity index (χ1) is 8.08. The average Bonchev–Trinajstić information content (AvgIpc) is 2.28. The van der Waals surface area contributed by atoms with Gasteiger partial charge in [0.15, 0.2) is 0 Å². The first-order valence-electron chi connectivity index (χ1n) is 5.82. The third-order valence-electron chi connectivity index (χ3n) is 3.38. The number of carboxylic acids is 1. The zero-order valence-corrected chi connectivity index (χ0v) is 9.74. The van der Waals surface area contributed by atoms with E-state index in [2.05, 4.69) is 12.2 Å². The van der Waals surface area contributed by atoms with Crippen molar-refractivity contribution in [3.05, 3.63) is 35.1 Å². The molecule has 0 bridgehead atoms. The minimum Gasteiger partial charge on any atom is -0.478 e. The SMILES string of the molecule is C[C@H]1CNCC[C@H]1c1cc(F)cc(C(=O)O)c1. The predicted octanol–water partition coefficient (Wildman–Crippen LogP) is 2.24. The van der Waals surface area contributed by atoms with Crippen LogP contribution in [-0.2, 0) is 0 Å². The minimum atomic E-state index is -1.08. The normalized spacial score (nSPS) is 24.6. The third-order valence-corrected chi connectivity index (χ3v) is 3.38. The van der Waals surface area contributed by atoms with Gasteiger partial charge in [-0.05, 0) is 55.1 Å². The topological polar surface area (TPSA) is 49.3 Å². The van der Waals surface area contributed by atoms with Crippen LogP contribution in [0.15, 0.2) is 18.2 Å². The molecule has 1 saturated heterocycles. The van der Waals surface area contributed by atoms with Crippen LogP contribution in [0.3, 0.4) is 0 Å². The number of piperidine rings is 1. The van der Waals surface area contributed by atoms with Gasteiger partial charge in [0.2, 0.25) is 0 Å². The van der Waals surface area contributed by atoms with Gasteiger partial charge in [-0.1, -0.05) is 6.92 Å². The molecule has 0 radical (unpaired) electrons. The lowest BCUT2D eigenvalue weighted by molar-refractivity contribution is 0.0696. The van der Waals surface area contributed by atoms with E-state index in [1.54, 1.807) is 6.07 Å². The van der Waals surface area contributed by atoms with Crippen molar-refractivity contribution in [3.8, 4) is 0 Å². The van der Waals surface area contributed by atoms with Crippen molar-refractivity contribution in [3.63, 3.8) is 0 Å². The molecule has 0 saturated carbocycles. The van der Waals surface area contributed by atoms with Crippen molar-refractivity contribution in [1.82, 2.24) is 5.32 Å². The summed E-state index contributed by atoms with van der Waals surface area (Å²) in [6.07, 6.45) is 0.920. The molecule has 1 aromatic rings. The van der Waals surface area contributed by atoms with Crippen LogP contribution in [0.2, 0.25) is 0 Å². The summed E-state index contributed by atoms with van der Waals surface area (Å²) in [5.74, 6) is -0.907. The van der Waals surface area contributed by atoms with Gasteiger partial charge in [-0.2, -0.15) is 0 Å². The van der Waals surface area contributed by atoms with Crippen LogP contribution in [0.25, 0.3) is 0 Å². The molecule has 1 aliphatic heterocycles. The smallest absolute Gasteiger partial charge is 0.335 e. The van der Waals surface area contributed by atoms with E-state index in [0.717, 1.165) is 31.1 Å². The Labute approximate surface area is 99.7 Å². The molecule has 2 rings (SSSR count). The first kappa shape index (κ1) is 12.0. The minimum absolute atomic E-state index is 0.0331. The number of rotatable bonds is 2. The number of hydrogen-bond donors (Lipinski definition) is 2. The standard InChI is InChI=1S/C13H16FNO2/c1-8-7-15-3-2-12(8)9-4-10(13(16)17)6-11(14)5-9/h4-6,8,12,15H,2-3,7H2,1H3,(H,16,17)/t8-,12+/m0/s1. The lowest BCUT2D eigenvalue weighted by Crippen LogP contribution is -2.33. The van der Waals surface area contributed by atoms with Crippen LogP contribution in [0.1, 0.15) is 35.2 Å². The maximum absolute atomic E-state index is 13.4. The number of carboxylic acid groups (broad SMARTS) is 1. The van der Waals surface area contributed by atoms with E-state index >= 15 is 0 Å². The highest BCUT2D eigenvalue weighted by molar-refractivity contribution is 5.87. The van der Waals surface area contributed by atoms with E-state index in [9.17, 15) is 9.18 Å². The summed E-state index contributed by atoms with van der Waals surface area (Å²) in [6.45, 7) is 3.89. The van der Waals surface area contributed by atoms with Gasteiger partial charge in [-0.3, -0.25) is 0 Å². The molecule has 0 spiro atoms. The van der Waals surface area contributed by atoms with E-state index in [1.807, 2.05) is 0 Å². The number of aromatic carboxylic acids is 1. The third kappa shape index (κ3) is 2.64. The summed E-state index contributed by atoms with van der Waals surface area (Å²) in [6, 6.07) is 4.12. The van der Waals surface area contributed by atoms with Gasteiger partial charge >= 0.3 is 5.97 Å². The van der Waals surface area contributed by atoms with Gasteiger partial charge in [-0.15, -0.1) is 0 Å². The Bertz CT molecular complexity index is 433. The van der Waals surface area contributed by atoms with Gasteiger partial charge in [0.05, 0.1) is 5.56 Å². The molecule has 17 heavy (non-hydrogen) atoms. The fourth-order valence-corrected chi connectivity index (χ4v) is 2.46. The number of benzene rings is 1. The second-order valence-corrected chi connectivity index (χ2v) is 4.65. The summed E-state index contributed by atoms with van der Waals surface area (Å²) >= 11 is 0. The molecule has 1 aliphatic rings. The van der Waals surface area contributed by atoms with Crippen molar-refractivity contribution in [2.24, 2.45) is 5.92 Å². The van der Waals surface area contributed by atoms with Gasteiger partial charge < -0.3 is 10.4 Å². The Hall–Kier alpha value is -1.42. The summed E-state index contributed by atoms with van der Waals surface area (Å²) in [5.41, 5.74) is 0.835. The summed E-state index contributed by atoms with van der Waals surface area (Å²) in [7, 11) is 0. The summed E-state index contributed by atoms with van der Waals surface area (Å²) in [4.78, 5) is 10.9. The fraction of sp³-hybridized carbons (Fsp3) is 0.462. The van der Waals surface area contributed by atoms with Crippen LogP contribution in [0.5, 0.6) is 0 Å². The number of nitrogens with one attached hydrogen (secondary N) is 1. The summed E-state index contributed by atoms with van der Waals surface area (Å²) in [5, 5.41) is 12.2. The maximum atomic E-state index is 13.4. The second kappa shape index (κ2) is 4.84. The maximum Gasteiger partial charge on any atom is 0.335 e. The van der Waals surface area contributed by atoms with Crippen LogP contribution >= 0.6 is 0 Å². The molecule has 1 fully saturated rings. The number of carbonyl (C=O) groups is 1. The molecule has 2 N–H and O–H groups in total. The molecule has 1 heterocycles. The molecular weight excluding hydrogens is 221 g/mol. The predicted molar refractivity (Wildman–Crippen MR) is 62.8 cm³/mol. The zero-order valence-electron chi connectivity index (χ0n) is 9.74. The fourth-order valence-electron chi connectivity index (χ4n) is 2.46. The quantitative estimate of drug-likeness (QED) is 0.829. The van der Waals surface area contributed by atoms with Crippen LogP contribution in [0, 0.1) is 11.7 Å². The number of hydrogen-bond acceptors (Lipinski definition) is 2. The van der Waals surface area contributed by atoms with Crippen LogP contribution in [-0.4, -0.2) is 24.2 Å². The Morgan fingerprint density at radius 2 is 2.24 bits per heavy atom. The molecule has 0 amide bonds. The molecule has 0 aromatic heterocycles. The highest BCUT2D eigenvalue weighted by Gasteiger charge is 2.24. The molecule has 0 aliphatic carbocycles. The molecule has 4 heteroatoms. The highest BCUT2D eigenvalue weighted by Crippen LogP contribution is 2.31. The van der Waals surface area contributed by atoms with Crippen molar-refractivity contribution in [2.75, 3.05) is 13.1 Å². The van der Waals surface area contributed by atoms with E-state index in [-0.39, 0.29) is 11.5 Å². The van der Waals surface area contributed by atoms with Gasteiger partial charge in [0, 0.05) is 0 Å². The molecule has 3 nitrogen and oxygen atoms in total. The van der Waals surface area contributed by atoms with Crippen LogP contribution < -0.4 is 5.32 Å².